The molecule has 0 radical (unpaired) electrons. The van der Waals surface area contributed by atoms with Crippen LogP contribution in [0.3, 0.4) is 0 Å². The molecular weight excluding hydrogens is 485 g/mol. The zero-order valence-electron chi connectivity index (χ0n) is 18.7. The third kappa shape index (κ3) is 5.23. The number of rotatable bonds is 6. The van der Waals surface area contributed by atoms with Crippen LogP contribution in [0.25, 0.3) is 0 Å². The van der Waals surface area contributed by atoms with Crippen LogP contribution in [-0.4, -0.2) is 49.3 Å². The van der Waals surface area contributed by atoms with Crippen molar-refractivity contribution >= 4 is 44.8 Å². The number of sulfone groups is 1. The summed E-state index contributed by atoms with van der Waals surface area (Å²) in [6.07, 6.45) is 6.20. The molecule has 10 heteroatoms. The summed E-state index contributed by atoms with van der Waals surface area (Å²) in [5.41, 5.74) is -1.09. The van der Waals surface area contributed by atoms with Crippen LogP contribution in [0, 0.1) is 0 Å². The maximum Gasteiger partial charge on any atom is 0.263 e. The van der Waals surface area contributed by atoms with Crippen molar-refractivity contribution in [3.05, 3.63) is 46.6 Å². The SMILES string of the molecule is CC(C)(Oc1ccc(Cl)c(Cl)c1)C(=O)NC1C[C@H]2CC[C@@H](C1)N2c1ccc(S(C)(=O)=O)cn1. The van der Waals surface area contributed by atoms with Gasteiger partial charge in [-0.15, -0.1) is 0 Å². The van der Waals surface area contributed by atoms with Crippen LogP contribution in [0.2, 0.25) is 10.0 Å². The molecule has 2 fully saturated rings. The molecule has 2 bridgehead atoms. The Labute approximate surface area is 204 Å². The normalized spacial score (nSPS) is 22.8. The van der Waals surface area contributed by atoms with Gasteiger partial charge in [0.05, 0.1) is 14.9 Å². The highest BCUT2D eigenvalue weighted by atomic mass is 35.5. The molecule has 0 aliphatic carbocycles. The summed E-state index contributed by atoms with van der Waals surface area (Å²) < 4.78 is 29.4. The fourth-order valence-corrected chi connectivity index (χ4v) is 5.50. The lowest BCUT2D eigenvalue weighted by Gasteiger charge is -2.40. The van der Waals surface area contributed by atoms with Crippen LogP contribution in [0.4, 0.5) is 5.82 Å². The smallest absolute Gasteiger partial charge is 0.263 e. The lowest BCUT2D eigenvalue weighted by Crippen LogP contribution is -2.55. The summed E-state index contributed by atoms with van der Waals surface area (Å²) in [5.74, 6) is 1.06. The summed E-state index contributed by atoms with van der Waals surface area (Å²) in [5, 5.41) is 3.95. The maximum absolute atomic E-state index is 13.0. The van der Waals surface area contributed by atoms with Crippen LogP contribution < -0.4 is 15.0 Å². The van der Waals surface area contributed by atoms with Crippen molar-refractivity contribution in [1.82, 2.24) is 10.3 Å². The van der Waals surface area contributed by atoms with Crippen molar-refractivity contribution in [2.24, 2.45) is 0 Å². The number of carbonyl (C=O) groups excluding carboxylic acids is 1. The van der Waals surface area contributed by atoms with Gasteiger partial charge in [-0.05, 0) is 63.8 Å². The molecule has 1 amide bonds. The lowest BCUT2D eigenvalue weighted by molar-refractivity contribution is -0.135. The highest BCUT2D eigenvalue weighted by Crippen LogP contribution is 2.39. The van der Waals surface area contributed by atoms with E-state index in [0.717, 1.165) is 31.5 Å². The molecule has 4 rings (SSSR count). The Morgan fingerprint density at radius 2 is 1.79 bits per heavy atom. The van der Waals surface area contributed by atoms with Crippen LogP contribution in [0.5, 0.6) is 5.75 Å². The van der Waals surface area contributed by atoms with E-state index >= 15 is 0 Å². The van der Waals surface area contributed by atoms with E-state index in [9.17, 15) is 13.2 Å². The van der Waals surface area contributed by atoms with Gasteiger partial charge in [0.25, 0.3) is 5.91 Å². The van der Waals surface area contributed by atoms with E-state index in [1.54, 1.807) is 44.2 Å². The van der Waals surface area contributed by atoms with E-state index in [4.69, 9.17) is 27.9 Å². The number of nitrogens with one attached hydrogen (secondary N) is 1. The molecule has 7 nitrogen and oxygen atoms in total. The summed E-state index contributed by atoms with van der Waals surface area (Å²) in [6.45, 7) is 3.45. The quantitative estimate of drug-likeness (QED) is 0.622. The highest BCUT2D eigenvalue weighted by molar-refractivity contribution is 7.90. The maximum atomic E-state index is 13.0. The second-order valence-corrected chi connectivity index (χ2v) is 12.1. The molecular formula is C23H27Cl2N3O4S. The van der Waals surface area contributed by atoms with E-state index in [1.807, 2.05) is 0 Å². The number of pyridine rings is 1. The summed E-state index contributed by atoms with van der Waals surface area (Å²) in [6, 6.07) is 8.80. The first-order valence-corrected chi connectivity index (χ1v) is 13.5. The Bertz CT molecular complexity index is 1140. The van der Waals surface area contributed by atoms with Crippen molar-refractivity contribution in [3.63, 3.8) is 0 Å². The topological polar surface area (TPSA) is 88.6 Å². The zero-order valence-corrected chi connectivity index (χ0v) is 21.0. The van der Waals surface area contributed by atoms with Crippen molar-refractivity contribution in [1.29, 1.82) is 0 Å². The van der Waals surface area contributed by atoms with Crippen molar-refractivity contribution in [2.75, 3.05) is 11.2 Å². The monoisotopic (exact) mass is 511 g/mol. The Hall–Kier alpha value is -2.03. The number of ether oxygens (including phenoxy) is 1. The summed E-state index contributed by atoms with van der Waals surface area (Å²) in [4.78, 5) is 19.9. The van der Waals surface area contributed by atoms with E-state index in [-0.39, 0.29) is 28.9 Å². The van der Waals surface area contributed by atoms with Crippen molar-refractivity contribution in [2.45, 2.75) is 68.2 Å². The molecule has 2 saturated heterocycles. The Balaban J connectivity index is 1.40. The first-order chi connectivity index (χ1) is 15.4. The third-order valence-corrected chi connectivity index (χ3v) is 8.13. The third-order valence-electron chi connectivity index (χ3n) is 6.29. The lowest BCUT2D eigenvalue weighted by atomic mass is 9.96. The first kappa shape index (κ1) is 24.1. The number of halogens is 2. The minimum Gasteiger partial charge on any atom is -0.478 e. The number of piperidine rings is 1. The molecule has 3 heterocycles. The van der Waals surface area contributed by atoms with Gasteiger partial charge in [0, 0.05) is 36.6 Å². The molecule has 3 atom stereocenters. The number of hydrogen-bond acceptors (Lipinski definition) is 6. The molecule has 1 N–H and O–H groups in total. The number of amides is 1. The van der Waals surface area contributed by atoms with Gasteiger partial charge in [0.2, 0.25) is 0 Å². The predicted molar refractivity (Wildman–Crippen MR) is 129 cm³/mol. The van der Waals surface area contributed by atoms with Gasteiger partial charge in [0.15, 0.2) is 15.4 Å². The minimum absolute atomic E-state index is 0.0261. The van der Waals surface area contributed by atoms with Gasteiger partial charge in [-0.2, -0.15) is 0 Å². The highest BCUT2D eigenvalue weighted by Gasteiger charge is 2.43. The van der Waals surface area contributed by atoms with Crippen molar-refractivity contribution < 1.29 is 17.9 Å². The molecule has 0 spiro atoms. The Morgan fingerprint density at radius 1 is 1.12 bits per heavy atom. The second kappa shape index (κ2) is 8.96. The van der Waals surface area contributed by atoms with Gasteiger partial charge in [-0.1, -0.05) is 23.2 Å². The first-order valence-electron chi connectivity index (χ1n) is 10.8. The number of aromatic nitrogens is 1. The fourth-order valence-electron chi connectivity index (χ4n) is 4.65. The molecule has 2 aliphatic rings. The Kier molecular flexibility index (Phi) is 6.55. The minimum atomic E-state index is -3.28. The van der Waals surface area contributed by atoms with Gasteiger partial charge < -0.3 is 15.0 Å². The molecule has 2 aliphatic heterocycles. The van der Waals surface area contributed by atoms with Gasteiger partial charge in [-0.25, -0.2) is 13.4 Å². The molecule has 1 aromatic heterocycles. The number of hydrogen-bond donors (Lipinski definition) is 1. The number of carbonyl (C=O) groups is 1. The molecule has 0 saturated carbocycles. The molecule has 33 heavy (non-hydrogen) atoms. The molecule has 178 valence electrons. The predicted octanol–water partition coefficient (Wildman–Crippen LogP) is 4.27. The van der Waals surface area contributed by atoms with E-state index in [0.29, 0.717) is 15.8 Å². The average molecular weight is 512 g/mol. The van der Waals surface area contributed by atoms with Crippen LogP contribution in [0.15, 0.2) is 41.4 Å². The second-order valence-electron chi connectivity index (χ2n) is 9.25. The van der Waals surface area contributed by atoms with Gasteiger partial charge >= 0.3 is 0 Å². The van der Waals surface area contributed by atoms with E-state index < -0.39 is 15.4 Å². The summed E-state index contributed by atoms with van der Waals surface area (Å²) in [7, 11) is -3.28. The van der Waals surface area contributed by atoms with Gasteiger partial charge in [-0.3, -0.25) is 4.79 Å². The van der Waals surface area contributed by atoms with Crippen LogP contribution in [0.1, 0.15) is 39.5 Å². The Morgan fingerprint density at radius 3 is 2.33 bits per heavy atom. The zero-order chi connectivity index (χ0) is 24.0. The van der Waals surface area contributed by atoms with E-state index in [2.05, 4.69) is 15.2 Å². The van der Waals surface area contributed by atoms with Crippen LogP contribution >= 0.6 is 23.2 Å². The standard InChI is InChI=1S/C23H27Cl2N3O4S/c1-23(2,32-17-6-8-19(24)20(25)12-17)22(29)27-14-10-15-4-5-16(11-14)28(15)21-9-7-18(13-26-21)33(3,30)31/h6-9,12-16H,4-5,10-11H2,1-3H3,(H,27,29)/t14?,15-,16+. The number of benzene rings is 1. The number of nitrogens with zero attached hydrogens (tertiary/aromatic N) is 2. The van der Waals surface area contributed by atoms with Crippen LogP contribution in [-0.2, 0) is 14.6 Å². The van der Waals surface area contributed by atoms with Gasteiger partial charge in [0.1, 0.15) is 11.6 Å². The molecule has 2 aromatic rings. The molecule has 1 unspecified atom stereocenters. The van der Waals surface area contributed by atoms with E-state index in [1.165, 1.54) is 12.5 Å². The average Bonchev–Trinajstić information content (AvgIpc) is 3.00. The largest absolute Gasteiger partial charge is 0.478 e. The molecule has 1 aromatic carbocycles. The van der Waals surface area contributed by atoms with Crippen molar-refractivity contribution in [3.8, 4) is 5.75 Å². The fraction of sp³-hybridized carbons (Fsp3) is 0.478. The summed E-state index contributed by atoms with van der Waals surface area (Å²) >= 11 is 12.0. The number of anilines is 1. The number of fused-ring (bicyclic) bond motifs is 2.